The van der Waals surface area contributed by atoms with Crippen molar-refractivity contribution in [3.63, 3.8) is 0 Å². The zero-order valence-electron chi connectivity index (χ0n) is 13.5. The van der Waals surface area contributed by atoms with E-state index in [2.05, 4.69) is 30.5 Å². The van der Waals surface area contributed by atoms with E-state index >= 15 is 0 Å². The predicted molar refractivity (Wildman–Crippen MR) is 88.6 cm³/mol. The molecule has 0 bridgehead atoms. The van der Waals surface area contributed by atoms with Crippen molar-refractivity contribution in [3.05, 3.63) is 29.3 Å². The lowest BCUT2D eigenvalue weighted by Crippen LogP contribution is -2.41. The third kappa shape index (κ3) is 4.31. The Hall–Kier alpha value is -1.35. The van der Waals surface area contributed by atoms with Crippen LogP contribution in [-0.4, -0.2) is 18.5 Å². The molecular weight excluding hydrogens is 260 g/mol. The maximum atomic E-state index is 12.2. The highest BCUT2D eigenvalue weighted by Crippen LogP contribution is 2.24. The van der Waals surface area contributed by atoms with Crippen molar-refractivity contribution in [2.45, 2.75) is 58.9 Å². The standard InChI is InChI=1S/C18H28N2O/c1-4-15-10-7-9-14(3)18(15)20-17(21)12-19-16-11-6-5-8-13(16)2/h7,9-10,13,16,19H,4-6,8,11-12H2,1-3H3,(H,20,21)/t13-,16+/m1/s1. The predicted octanol–water partition coefficient (Wildman–Crippen LogP) is 3.66. The second-order valence-corrected chi connectivity index (χ2v) is 6.26. The van der Waals surface area contributed by atoms with Gasteiger partial charge in [0.25, 0.3) is 0 Å². The van der Waals surface area contributed by atoms with Crippen LogP contribution in [0.1, 0.15) is 50.7 Å². The van der Waals surface area contributed by atoms with Crippen LogP contribution in [0.15, 0.2) is 18.2 Å². The molecule has 0 spiro atoms. The molecule has 0 aliphatic heterocycles. The van der Waals surface area contributed by atoms with Crippen molar-refractivity contribution in [2.24, 2.45) is 5.92 Å². The molecule has 0 unspecified atom stereocenters. The quantitative estimate of drug-likeness (QED) is 0.868. The molecule has 0 radical (unpaired) electrons. The molecule has 1 aromatic rings. The van der Waals surface area contributed by atoms with Crippen molar-refractivity contribution >= 4 is 11.6 Å². The number of rotatable bonds is 5. The van der Waals surface area contributed by atoms with E-state index in [0.717, 1.165) is 17.7 Å². The first-order valence-corrected chi connectivity index (χ1v) is 8.23. The minimum atomic E-state index is 0.0665. The number of nitrogens with one attached hydrogen (secondary N) is 2. The molecule has 21 heavy (non-hydrogen) atoms. The van der Waals surface area contributed by atoms with E-state index in [0.29, 0.717) is 18.5 Å². The first-order chi connectivity index (χ1) is 10.1. The fraction of sp³-hybridized carbons (Fsp3) is 0.611. The van der Waals surface area contributed by atoms with Crippen molar-refractivity contribution < 1.29 is 4.79 Å². The molecule has 0 saturated heterocycles. The lowest BCUT2D eigenvalue weighted by molar-refractivity contribution is -0.115. The molecule has 1 aromatic carbocycles. The Morgan fingerprint density at radius 3 is 2.76 bits per heavy atom. The van der Waals surface area contributed by atoms with E-state index in [4.69, 9.17) is 0 Å². The molecule has 1 amide bonds. The van der Waals surface area contributed by atoms with E-state index in [9.17, 15) is 4.79 Å². The Labute approximate surface area is 128 Å². The van der Waals surface area contributed by atoms with Crippen LogP contribution in [0.5, 0.6) is 0 Å². The van der Waals surface area contributed by atoms with Gasteiger partial charge in [-0.25, -0.2) is 0 Å². The summed E-state index contributed by atoms with van der Waals surface area (Å²) in [6.07, 6.45) is 6.01. The summed E-state index contributed by atoms with van der Waals surface area (Å²) < 4.78 is 0. The van der Waals surface area contributed by atoms with Crippen LogP contribution in [0, 0.1) is 12.8 Å². The average Bonchev–Trinajstić information content (AvgIpc) is 2.48. The molecule has 1 aliphatic carbocycles. The van der Waals surface area contributed by atoms with Gasteiger partial charge in [0.05, 0.1) is 6.54 Å². The number of aryl methyl sites for hydroxylation is 2. The smallest absolute Gasteiger partial charge is 0.238 e. The summed E-state index contributed by atoms with van der Waals surface area (Å²) in [5.41, 5.74) is 3.33. The summed E-state index contributed by atoms with van der Waals surface area (Å²) in [4.78, 5) is 12.2. The normalized spacial score (nSPS) is 22.0. The van der Waals surface area contributed by atoms with Crippen LogP contribution in [-0.2, 0) is 11.2 Å². The number of carbonyl (C=O) groups is 1. The van der Waals surface area contributed by atoms with Crippen LogP contribution >= 0.6 is 0 Å². The highest BCUT2D eigenvalue weighted by atomic mass is 16.1. The third-order valence-electron chi connectivity index (χ3n) is 4.64. The highest BCUT2D eigenvalue weighted by Gasteiger charge is 2.21. The van der Waals surface area contributed by atoms with Crippen molar-refractivity contribution in [1.29, 1.82) is 0 Å². The van der Waals surface area contributed by atoms with Gasteiger partial charge in [-0.1, -0.05) is 44.9 Å². The van der Waals surface area contributed by atoms with E-state index in [-0.39, 0.29) is 5.91 Å². The number of hydrogen-bond donors (Lipinski definition) is 2. The average molecular weight is 288 g/mol. The van der Waals surface area contributed by atoms with E-state index < -0.39 is 0 Å². The molecule has 0 aromatic heterocycles. The Balaban J connectivity index is 1.90. The Morgan fingerprint density at radius 2 is 2.05 bits per heavy atom. The van der Waals surface area contributed by atoms with E-state index in [1.165, 1.54) is 31.2 Å². The van der Waals surface area contributed by atoms with E-state index in [1.807, 2.05) is 19.1 Å². The van der Waals surface area contributed by atoms with Crippen molar-refractivity contribution in [2.75, 3.05) is 11.9 Å². The van der Waals surface area contributed by atoms with Gasteiger partial charge in [-0.05, 0) is 43.2 Å². The number of para-hydroxylation sites is 1. The monoisotopic (exact) mass is 288 g/mol. The van der Waals surface area contributed by atoms with Crippen LogP contribution in [0.3, 0.4) is 0 Å². The van der Waals surface area contributed by atoms with Crippen LogP contribution in [0.4, 0.5) is 5.69 Å². The van der Waals surface area contributed by atoms with Gasteiger partial charge >= 0.3 is 0 Å². The van der Waals surface area contributed by atoms with E-state index in [1.54, 1.807) is 0 Å². The van der Waals surface area contributed by atoms with Crippen LogP contribution < -0.4 is 10.6 Å². The summed E-state index contributed by atoms with van der Waals surface area (Å²) >= 11 is 0. The van der Waals surface area contributed by atoms with Crippen LogP contribution in [0.25, 0.3) is 0 Å². The first-order valence-electron chi connectivity index (χ1n) is 8.23. The lowest BCUT2D eigenvalue weighted by Gasteiger charge is -2.29. The van der Waals surface area contributed by atoms with Gasteiger partial charge < -0.3 is 10.6 Å². The summed E-state index contributed by atoms with van der Waals surface area (Å²) in [5.74, 6) is 0.744. The topological polar surface area (TPSA) is 41.1 Å². The SMILES string of the molecule is CCc1cccc(C)c1NC(=O)CN[C@H]1CCCC[C@H]1C. The Kier molecular flexibility index (Phi) is 5.80. The molecule has 2 atom stereocenters. The van der Waals surface area contributed by atoms with Gasteiger partial charge in [0.2, 0.25) is 5.91 Å². The molecular formula is C18H28N2O. The number of hydrogen-bond acceptors (Lipinski definition) is 2. The van der Waals surface area contributed by atoms with Gasteiger partial charge in [0.1, 0.15) is 0 Å². The summed E-state index contributed by atoms with van der Waals surface area (Å²) in [6, 6.07) is 6.67. The fourth-order valence-electron chi connectivity index (χ4n) is 3.23. The van der Waals surface area contributed by atoms with Gasteiger partial charge in [-0.3, -0.25) is 4.79 Å². The van der Waals surface area contributed by atoms with Gasteiger partial charge in [0.15, 0.2) is 0 Å². The molecule has 1 fully saturated rings. The summed E-state index contributed by atoms with van der Waals surface area (Å²) in [7, 11) is 0. The Bertz CT molecular complexity index is 484. The number of anilines is 1. The number of benzene rings is 1. The van der Waals surface area contributed by atoms with Crippen molar-refractivity contribution in [3.8, 4) is 0 Å². The molecule has 2 N–H and O–H groups in total. The molecule has 1 aliphatic rings. The number of amides is 1. The largest absolute Gasteiger partial charge is 0.324 e. The molecule has 116 valence electrons. The zero-order valence-corrected chi connectivity index (χ0v) is 13.5. The highest BCUT2D eigenvalue weighted by molar-refractivity contribution is 5.93. The minimum Gasteiger partial charge on any atom is -0.324 e. The number of carbonyl (C=O) groups excluding carboxylic acids is 1. The van der Waals surface area contributed by atoms with Gasteiger partial charge in [0, 0.05) is 11.7 Å². The van der Waals surface area contributed by atoms with Crippen LogP contribution in [0.2, 0.25) is 0 Å². The second-order valence-electron chi connectivity index (χ2n) is 6.26. The summed E-state index contributed by atoms with van der Waals surface area (Å²) in [5, 5.41) is 6.52. The minimum absolute atomic E-state index is 0.0665. The maximum Gasteiger partial charge on any atom is 0.238 e. The third-order valence-corrected chi connectivity index (χ3v) is 4.64. The molecule has 1 saturated carbocycles. The molecule has 2 rings (SSSR count). The maximum absolute atomic E-state index is 12.2. The molecule has 0 heterocycles. The van der Waals surface area contributed by atoms with Crippen molar-refractivity contribution in [1.82, 2.24) is 5.32 Å². The first kappa shape index (κ1) is 16.0. The van der Waals surface area contributed by atoms with Gasteiger partial charge in [-0.2, -0.15) is 0 Å². The zero-order chi connectivity index (χ0) is 15.2. The fourth-order valence-corrected chi connectivity index (χ4v) is 3.23. The molecule has 3 nitrogen and oxygen atoms in total. The summed E-state index contributed by atoms with van der Waals surface area (Å²) in [6.45, 7) is 6.86. The second kappa shape index (κ2) is 7.60. The lowest BCUT2D eigenvalue weighted by atomic mass is 9.86. The molecule has 3 heteroatoms. The Morgan fingerprint density at radius 1 is 1.29 bits per heavy atom. The van der Waals surface area contributed by atoms with Gasteiger partial charge in [-0.15, -0.1) is 0 Å².